The number of hydrogen-bond acceptors (Lipinski definition) is 4. The molecule has 132 valence electrons. The van der Waals surface area contributed by atoms with Crippen molar-refractivity contribution in [2.24, 2.45) is 0 Å². The molecule has 2 fully saturated rings. The highest BCUT2D eigenvalue weighted by molar-refractivity contribution is 5.99. The van der Waals surface area contributed by atoms with Crippen molar-refractivity contribution in [1.82, 2.24) is 14.4 Å². The molecule has 1 amide bonds. The van der Waals surface area contributed by atoms with E-state index in [1.807, 2.05) is 13.0 Å². The summed E-state index contributed by atoms with van der Waals surface area (Å²) in [7, 11) is 0. The summed E-state index contributed by atoms with van der Waals surface area (Å²) in [5.74, 6) is 0.180. The van der Waals surface area contributed by atoms with Gasteiger partial charge in [0.25, 0.3) is 0 Å². The highest BCUT2D eigenvalue weighted by atomic mass is 16.6. The Morgan fingerprint density at radius 3 is 2.42 bits per heavy atom. The van der Waals surface area contributed by atoms with Gasteiger partial charge in [0.05, 0.1) is 13.2 Å². The molecule has 0 aromatic carbocycles. The number of ketones is 1. The Morgan fingerprint density at radius 2 is 1.83 bits per heavy atom. The number of amides is 1. The van der Waals surface area contributed by atoms with Gasteiger partial charge in [-0.05, 0) is 39.7 Å². The van der Waals surface area contributed by atoms with Crippen LogP contribution in [0.4, 0.5) is 4.79 Å². The van der Waals surface area contributed by atoms with E-state index in [2.05, 4.69) is 23.3 Å². The molecule has 6 nitrogen and oxygen atoms in total. The van der Waals surface area contributed by atoms with E-state index in [-0.39, 0.29) is 11.9 Å². The number of Topliss-reactive ketones (excluding diaryl/α,β-unsaturated/α-hetero) is 1. The van der Waals surface area contributed by atoms with E-state index in [1.54, 1.807) is 4.90 Å². The highest BCUT2D eigenvalue weighted by Gasteiger charge is 2.29. The average molecular weight is 333 g/mol. The SMILES string of the molecule is CCOC(=O)N1CCN(CC(=O)c2cc(C)n(C3CC3)c2C)CC1. The summed E-state index contributed by atoms with van der Waals surface area (Å²) in [6.45, 7) is 9.43. The van der Waals surface area contributed by atoms with E-state index in [0.29, 0.717) is 45.4 Å². The largest absolute Gasteiger partial charge is 0.450 e. The summed E-state index contributed by atoms with van der Waals surface area (Å²) >= 11 is 0. The molecule has 1 aromatic heterocycles. The minimum absolute atomic E-state index is 0.180. The van der Waals surface area contributed by atoms with E-state index >= 15 is 0 Å². The summed E-state index contributed by atoms with van der Waals surface area (Å²) in [6.07, 6.45) is 2.19. The van der Waals surface area contributed by atoms with Crippen LogP contribution in [0, 0.1) is 13.8 Å². The van der Waals surface area contributed by atoms with Crippen molar-refractivity contribution in [3.8, 4) is 0 Å². The van der Waals surface area contributed by atoms with Gasteiger partial charge in [-0.15, -0.1) is 0 Å². The maximum absolute atomic E-state index is 12.7. The molecular formula is C18H27N3O3. The van der Waals surface area contributed by atoms with E-state index in [9.17, 15) is 9.59 Å². The monoisotopic (exact) mass is 333 g/mol. The van der Waals surface area contributed by atoms with Gasteiger partial charge < -0.3 is 14.2 Å². The van der Waals surface area contributed by atoms with Gasteiger partial charge in [0.2, 0.25) is 0 Å². The lowest BCUT2D eigenvalue weighted by molar-refractivity contribution is 0.0733. The van der Waals surface area contributed by atoms with Gasteiger partial charge in [-0.1, -0.05) is 0 Å². The number of carbonyl (C=O) groups excluding carboxylic acids is 2. The zero-order valence-corrected chi connectivity index (χ0v) is 14.9. The van der Waals surface area contributed by atoms with E-state index in [1.165, 1.54) is 18.5 Å². The molecule has 0 N–H and O–H groups in total. The topological polar surface area (TPSA) is 54.8 Å². The molecule has 0 bridgehead atoms. The normalized spacial score (nSPS) is 18.7. The van der Waals surface area contributed by atoms with Crippen molar-refractivity contribution in [1.29, 1.82) is 0 Å². The Bertz CT molecular complexity index is 626. The van der Waals surface area contributed by atoms with Crippen molar-refractivity contribution in [3.63, 3.8) is 0 Å². The molecule has 1 aliphatic carbocycles. The molecule has 6 heteroatoms. The minimum atomic E-state index is -0.253. The average Bonchev–Trinajstić information content (AvgIpc) is 3.33. The minimum Gasteiger partial charge on any atom is -0.450 e. The summed E-state index contributed by atoms with van der Waals surface area (Å²) in [4.78, 5) is 28.3. The van der Waals surface area contributed by atoms with Crippen LogP contribution in [0.1, 0.15) is 47.6 Å². The molecule has 3 rings (SSSR count). The Balaban J connectivity index is 1.57. The quantitative estimate of drug-likeness (QED) is 0.777. The van der Waals surface area contributed by atoms with Gasteiger partial charge >= 0.3 is 6.09 Å². The maximum atomic E-state index is 12.7. The van der Waals surface area contributed by atoms with Gasteiger partial charge in [-0.3, -0.25) is 9.69 Å². The Morgan fingerprint density at radius 1 is 1.17 bits per heavy atom. The van der Waals surface area contributed by atoms with Crippen molar-refractivity contribution in [3.05, 3.63) is 23.0 Å². The van der Waals surface area contributed by atoms with Crippen LogP contribution < -0.4 is 0 Å². The van der Waals surface area contributed by atoms with E-state index in [4.69, 9.17) is 4.74 Å². The van der Waals surface area contributed by atoms with Crippen LogP contribution in [-0.4, -0.2) is 65.6 Å². The maximum Gasteiger partial charge on any atom is 0.409 e. The van der Waals surface area contributed by atoms with Crippen LogP contribution >= 0.6 is 0 Å². The smallest absolute Gasteiger partial charge is 0.409 e. The van der Waals surface area contributed by atoms with E-state index < -0.39 is 0 Å². The van der Waals surface area contributed by atoms with Crippen molar-refractivity contribution < 1.29 is 14.3 Å². The fourth-order valence-electron chi connectivity index (χ4n) is 3.55. The van der Waals surface area contributed by atoms with Crippen LogP contribution in [0.15, 0.2) is 6.07 Å². The third-order valence-corrected chi connectivity index (χ3v) is 4.96. The molecule has 1 saturated carbocycles. The predicted molar refractivity (Wildman–Crippen MR) is 91.5 cm³/mol. The molecule has 1 saturated heterocycles. The van der Waals surface area contributed by atoms with Crippen LogP contribution in [-0.2, 0) is 4.74 Å². The summed E-state index contributed by atoms with van der Waals surface area (Å²) < 4.78 is 7.34. The first kappa shape index (κ1) is 17.0. The fraction of sp³-hybridized carbons (Fsp3) is 0.667. The molecule has 0 unspecified atom stereocenters. The number of piperazine rings is 1. The predicted octanol–water partition coefficient (Wildman–Crippen LogP) is 2.40. The lowest BCUT2D eigenvalue weighted by Crippen LogP contribution is -2.50. The van der Waals surface area contributed by atoms with Crippen LogP contribution in [0.3, 0.4) is 0 Å². The second-order valence-electron chi connectivity index (χ2n) is 6.77. The Labute approximate surface area is 143 Å². The molecule has 1 aromatic rings. The first-order valence-corrected chi connectivity index (χ1v) is 8.87. The Hall–Kier alpha value is -1.82. The number of nitrogens with zero attached hydrogens (tertiary/aromatic N) is 3. The second kappa shape index (κ2) is 6.97. The number of aromatic nitrogens is 1. The molecule has 0 radical (unpaired) electrons. The van der Waals surface area contributed by atoms with Crippen LogP contribution in [0.5, 0.6) is 0 Å². The van der Waals surface area contributed by atoms with Gasteiger partial charge in [0.15, 0.2) is 5.78 Å². The third kappa shape index (κ3) is 3.48. The van der Waals surface area contributed by atoms with Crippen LogP contribution in [0.2, 0.25) is 0 Å². The lowest BCUT2D eigenvalue weighted by atomic mass is 10.1. The van der Waals surface area contributed by atoms with Crippen LogP contribution in [0.25, 0.3) is 0 Å². The molecule has 1 aliphatic heterocycles. The van der Waals surface area contributed by atoms with Gasteiger partial charge in [-0.2, -0.15) is 0 Å². The van der Waals surface area contributed by atoms with E-state index in [0.717, 1.165) is 11.3 Å². The molecule has 2 aliphatic rings. The Kier molecular flexibility index (Phi) is 4.94. The zero-order valence-electron chi connectivity index (χ0n) is 14.9. The van der Waals surface area contributed by atoms with Crippen molar-refractivity contribution in [2.75, 3.05) is 39.3 Å². The fourth-order valence-corrected chi connectivity index (χ4v) is 3.55. The number of rotatable bonds is 5. The number of ether oxygens (including phenoxy) is 1. The lowest BCUT2D eigenvalue weighted by Gasteiger charge is -2.33. The molecule has 0 spiro atoms. The van der Waals surface area contributed by atoms with Gasteiger partial charge in [0, 0.05) is 49.2 Å². The van der Waals surface area contributed by atoms with Gasteiger partial charge in [-0.25, -0.2) is 4.79 Å². The van der Waals surface area contributed by atoms with Crippen molar-refractivity contribution in [2.45, 2.75) is 39.7 Å². The number of carbonyl (C=O) groups is 2. The zero-order chi connectivity index (χ0) is 17.3. The number of hydrogen-bond donors (Lipinski definition) is 0. The summed E-state index contributed by atoms with van der Waals surface area (Å²) in [5.41, 5.74) is 3.14. The summed E-state index contributed by atoms with van der Waals surface area (Å²) in [5, 5.41) is 0. The standard InChI is InChI=1S/C18H27N3O3/c1-4-24-18(23)20-9-7-19(8-10-20)12-17(22)16-11-13(2)21(14(16)3)15-5-6-15/h11,15H,4-10,12H2,1-3H3. The first-order valence-electron chi connectivity index (χ1n) is 8.87. The van der Waals surface area contributed by atoms with Crippen molar-refractivity contribution >= 4 is 11.9 Å². The molecule has 2 heterocycles. The molecular weight excluding hydrogens is 306 g/mol. The summed E-state index contributed by atoms with van der Waals surface area (Å²) in [6, 6.07) is 2.63. The molecule has 0 atom stereocenters. The highest BCUT2D eigenvalue weighted by Crippen LogP contribution is 2.38. The third-order valence-electron chi connectivity index (χ3n) is 4.96. The number of aryl methyl sites for hydroxylation is 1. The molecule has 24 heavy (non-hydrogen) atoms. The van der Waals surface area contributed by atoms with Gasteiger partial charge in [0.1, 0.15) is 0 Å². The second-order valence-corrected chi connectivity index (χ2v) is 6.77. The first-order chi connectivity index (χ1) is 11.5.